The summed E-state index contributed by atoms with van der Waals surface area (Å²) in [7, 11) is 0. The maximum Gasteiger partial charge on any atom is 0.243 e. The van der Waals surface area contributed by atoms with Crippen molar-refractivity contribution in [3.8, 4) is 5.69 Å². The van der Waals surface area contributed by atoms with Gasteiger partial charge in [0, 0.05) is 14.5 Å². The second kappa shape index (κ2) is 8.28. The fraction of sp³-hybridized carbons (Fsp3) is 0.500. The second-order valence-corrected chi connectivity index (χ2v) is 7.58. The number of amides is 2. The van der Waals surface area contributed by atoms with Gasteiger partial charge in [-0.2, -0.15) is 5.10 Å². The first kappa shape index (κ1) is 18.2. The van der Waals surface area contributed by atoms with Crippen molar-refractivity contribution >= 4 is 11.8 Å². The van der Waals surface area contributed by atoms with Crippen LogP contribution in [0.3, 0.4) is 0 Å². The highest BCUT2D eigenvalue weighted by Gasteiger charge is 2.37. The fourth-order valence-electron chi connectivity index (χ4n) is 3.76. The van der Waals surface area contributed by atoms with Crippen molar-refractivity contribution in [1.29, 1.82) is 0 Å². The molecule has 1 aliphatic heterocycles. The van der Waals surface area contributed by atoms with Crippen LogP contribution in [0.25, 0.3) is 5.69 Å². The highest BCUT2D eigenvalue weighted by atomic mass is 19.1. The number of hydrogen-bond acceptors (Lipinski definition) is 5. The summed E-state index contributed by atoms with van der Waals surface area (Å²) in [6.45, 7) is 0.562. The molecule has 8 nitrogen and oxygen atoms in total. The first-order chi connectivity index (χ1) is 14.4. The van der Waals surface area contributed by atoms with Crippen molar-refractivity contribution in [1.82, 2.24) is 25.0 Å². The molecule has 1 aromatic heterocycles. The van der Waals surface area contributed by atoms with Crippen LogP contribution in [0.4, 0.5) is 4.39 Å². The maximum absolute atomic E-state index is 13.8. The number of halogens is 1. The van der Waals surface area contributed by atoms with Crippen LogP contribution >= 0.6 is 0 Å². The van der Waals surface area contributed by atoms with E-state index in [1.165, 1.54) is 34.4 Å². The van der Waals surface area contributed by atoms with E-state index in [0.29, 0.717) is 37.1 Å². The van der Waals surface area contributed by atoms with E-state index in [1.807, 2.05) is 0 Å². The largest absolute Gasteiger partial charge is 0.350 e. The molecule has 0 spiro atoms. The zero-order chi connectivity index (χ0) is 21.3. The number of carbonyl (C=O) groups excluding carboxylic acids is 2. The lowest BCUT2D eigenvalue weighted by Gasteiger charge is -2.27. The summed E-state index contributed by atoms with van der Waals surface area (Å²) >= 11 is 0. The van der Waals surface area contributed by atoms with Gasteiger partial charge in [0.25, 0.3) is 0 Å². The van der Waals surface area contributed by atoms with Gasteiger partial charge in [-0.3, -0.25) is 9.59 Å². The molecule has 2 heterocycles. The highest BCUT2D eigenvalue weighted by molar-refractivity contribution is 5.90. The van der Waals surface area contributed by atoms with E-state index in [0.717, 1.165) is 12.8 Å². The molecule has 1 saturated heterocycles. The molecule has 1 saturated carbocycles. The van der Waals surface area contributed by atoms with Gasteiger partial charge in [-0.05, 0) is 48.9 Å². The Hall–Kier alpha value is -2.81. The van der Waals surface area contributed by atoms with Crippen molar-refractivity contribution in [2.75, 3.05) is 6.54 Å². The molecule has 2 aliphatic rings. The van der Waals surface area contributed by atoms with Crippen molar-refractivity contribution in [2.24, 2.45) is 11.6 Å². The normalized spacial score (nSPS) is 21.5. The summed E-state index contributed by atoms with van der Waals surface area (Å²) in [4.78, 5) is 31.0. The molecule has 2 amide bonds. The van der Waals surface area contributed by atoms with E-state index in [2.05, 4.69) is 15.4 Å². The van der Waals surface area contributed by atoms with Crippen LogP contribution in [-0.2, 0) is 16.1 Å². The molecule has 29 heavy (non-hydrogen) atoms. The van der Waals surface area contributed by atoms with Crippen molar-refractivity contribution in [3.05, 3.63) is 42.2 Å². The Morgan fingerprint density at radius 3 is 2.93 bits per heavy atom. The van der Waals surface area contributed by atoms with E-state index in [4.69, 9.17) is 7.10 Å². The van der Waals surface area contributed by atoms with Crippen molar-refractivity contribution in [2.45, 2.75) is 50.7 Å². The predicted molar refractivity (Wildman–Crippen MR) is 103 cm³/mol. The topological polar surface area (TPSA) is 106 Å². The number of nitrogens with one attached hydrogen (secondary N) is 1. The Morgan fingerprint density at radius 1 is 1.38 bits per heavy atom. The van der Waals surface area contributed by atoms with Crippen molar-refractivity contribution < 1.29 is 15.4 Å². The third kappa shape index (κ3) is 4.45. The predicted octanol–water partition coefficient (Wildman–Crippen LogP) is 1.14. The SMILES string of the molecule is [2H]C1(C[C@H](N)C(=O)N2CCC[C@H]2C(=O)NCc2cc(F)ccc2-n2cncn2)CC1. The molecule has 3 N–H and O–H groups in total. The lowest BCUT2D eigenvalue weighted by molar-refractivity contribution is -0.139. The Kier molecular flexibility index (Phi) is 5.21. The molecular formula is C20H25FN6O2. The lowest BCUT2D eigenvalue weighted by Crippen LogP contribution is -2.51. The molecule has 0 radical (unpaired) electrons. The number of rotatable bonds is 7. The Balaban J connectivity index is 1.41. The number of likely N-dealkylation sites (tertiary alicyclic amines) is 1. The summed E-state index contributed by atoms with van der Waals surface area (Å²) in [5, 5.41) is 6.87. The van der Waals surface area contributed by atoms with Gasteiger partial charge >= 0.3 is 0 Å². The molecule has 0 unspecified atom stereocenters. The molecule has 1 aromatic carbocycles. The maximum atomic E-state index is 13.8. The monoisotopic (exact) mass is 401 g/mol. The lowest BCUT2D eigenvalue weighted by atomic mass is 10.1. The van der Waals surface area contributed by atoms with Gasteiger partial charge in [0.05, 0.1) is 11.7 Å². The van der Waals surface area contributed by atoms with Crippen LogP contribution in [0.15, 0.2) is 30.9 Å². The zero-order valence-corrected chi connectivity index (χ0v) is 16.1. The number of benzene rings is 1. The summed E-state index contributed by atoms with van der Waals surface area (Å²) in [6.07, 6.45) is 5.98. The van der Waals surface area contributed by atoms with E-state index >= 15 is 0 Å². The number of nitrogens with two attached hydrogens (primary N) is 1. The molecule has 2 fully saturated rings. The summed E-state index contributed by atoms with van der Waals surface area (Å²) in [5.74, 6) is -1.58. The third-order valence-electron chi connectivity index (χ3n) is 5.43. The zero-order valence-electron chi connectivity index (χ0n) is 17.1. The van der Waals surface area contributed by atoms with Crippen molar-refractivity contribution in [3.63, 3.8) is 0 Å². The molecular weight excluding hydrogens is 375 g/mol. The first-order valence-electron chi connectivity index (χ1n) is 10.3. The summed E-state index contributed by atoms with van der Waals surface area (Å²) in [5.41, 5.74) is 7.20. The Bertz CT molecular complexity index is 933. The molecule has 1 aliphatic carbocycles. The fourth-order valence-corrected chi connectivity index (χ4v) is 3.76. The standard InChI is InChI=1S/C20H25FN6O2/c21-15-5-6-17(27-12-23-11-25-27)14(9-15)10-24-19(28)18-2-1-7-26(18)20(29)16(22)8-13-3-4-13/h5-6,9,11-13,16,18H,1-4,7-8,10,22H2,(H,24,28)/t16-,18-/m0/s1/i13D. The minimum absolute atomic E-state index is 0.0895. The smallest absolute Gasteiger partial charge is 0.243 e. The van der Waals surface area contributed by atoms with Gasteiger partial charge in [0.1, 0.15) is 24.5 Å². The molecule has 154 valence electrons. The van der Waals surface area contributed by atoms with Gasteiger partial charge in [-0.15, -0.1) is 0 Å². The van der Waals surface area contributed by atoms with E-state index < -0.39 is 23.8 Å². The Labute approximate surface area is 169 Å². The van der Waals surface area contributed by atoms with Crippen LogP contribution in [0.1, 0.15) is 39.0 Å². The first-order valence-corrected chi connectivity index (χ1v) is 9.83. The van der Waals surface area contributed by atoms with E-state index in [9.17, 15) is 14.0 Å². The summed E-state index contributed by atoms with van der Waals surface area (Å²) < 4.78 is 23.3. The molecule has 2 aromatic rings. The van der Waals surface area contributed by atoms with E-state index in [-0.39, 0.29) is 18.4 Å². The molecule has 0 bridgehead atoms. The van der Waals surface area contributed by atoms with Gasteiger partial charge < -0.3 is 16.0 Å². The number of aromatic nitrogens is 3. The molecule has 4 rings (SSSR count). The highest BCUT2D eigenvalue weighted by Crippen LogP contribution is 2.33. The average molecular weight is 401 g/mol. The molecule has 2 atom stereocenters. The second-order valence-electron chi connectivity index (χ2n) is 7.58. The number of hydrogen-bond donors (Lipinski definition) is 2. The van der Waals surface area contributed by atoms with E-state index in [1.54, 1.807) is 6.07 Å². The summed E-state index contributed by atoms with van der Waals surface area (Å²) in [6, 6.07) is 2.87. The van der Waals surface area contributed by atoms with Crippen LogP contribution in [0, 0.1) is 11.7 Å². The third-order valence-corrected chi connectivity index (χ3v) is 5.43. The molecule has 9 heteroatoms. The van der Waals surface area contributed by atoms with Crippen LogP contribution in [0.2, 0.25) is 0 Å². The minimum Gasteiger partial charge on any atom is -0.350 e. The average Bonchev–Trinajstić information content (AvgIpc) is 3.15. The van der Waals surface area contributed by atoms with Gasteiger partial charge in [-0.25, -0.2) is 14.1 Å². The van der Waals surface area contributed by atoms with Gasteiger partial charge in [0.15, 0.2) is 0 Å². The minimum atomic E-state index is -0.763. The number of nitrogens with zero attached hydrogens (tertiary/aromatic N) is 4. The number of carbonyl (C=O) groups is 2. The van der Waals surface area contributed by atoms with Gasteiger partial charge in [-0.1, -0.05) is 12.8 Å². The van der Waals surface area contributed by atoms with Gasteiger partial charge in [0.2, 0.25) is 11.8 Å². The quantitative estimate of drug-likeness (QED) is 0.724. The van der Waals surface area contributed by atoms with Crippen LogP contribution in [0.5, 0.6) is 0 Å². The van der Waals surface area contributed by atoms with Crippen LogP contribution in [-0.4, -0.2) is 50.1 Å². The Morgan fingerprint density at radius 2 is 2.21 bits per heavy atom. The van der Waals surface area contributed by atoms with Crippen LogP contribution < -0.4 is 11.1 Å².